The van der Waals surface area contributed by atoms with Gasteiger partial charge in [-0.15, -0.1) is 0 Å². The van der Waals surface area contributed by atoms with Gasteiger partial charge < -0.3 is 15.6 Å². The Kier molecular flexibility index (Phi) is 6.02. The zero-order valence-corrected chi connectivity index (χ0v) is 18.8. The number of sulfone groups is 1. The van der Waals surface area contributed by atoms with E-state index >= 15 is 0 Å². The zero-order valence-electron chi connectivity index (χ0n) is 17.2. The second kappa shape index (κ2) is 8.07. The number of benzene rings is 1. The molecule has 9 heteroatoms. The lowest BCUT2D eigenvalue weighted by Gasteiger charge is -2.26. The minimum atomic E-state index is -3.38. The Bertz CT molecular complexity index is 1050. The van der Waals surface area contributed by atoms with Crippen molar-refractivity contribution in [1.29, 1.82) is 0 Å². The maximum Gasteiger partial charge on any atom is 0.267 e. The summed E-state index contributed by atoms with van der Waals surface area (Å²) in [5.41, 5.74) is 1.35. The number of carbonyl (C=O) groups excluding carboxylic acids is 2. The fraction of sp³-hybridized carbons (Fsp3) is 0.429. The van der Waals surface area contributed by atoms with Gasteiger partial charge in [-0.2, -0.15) is 0 Å². The molecule has 0 spiro atoms. The molecule has 2 aromatic rings. The minimum Gasteiger partial charge on any atom is -0.349 e. The molecule has 162 valence electrons. The van der Waals surface area contributed by atoms with Crippen LogP contribution in [0.1, 0.15) is 60.2 Å². The molecule has 0 atom stereocenters. The highest BCUT2D eigenvalue weighted by Gasteiger charge is 2.58. The van der Waals surface area contributed by atoms with E-state index in [0.29, 0.717) is 24.4 Å². The first-order valence-electron chi connectivity index (χ1n) is 9.69. The Morgan fingerprint density at radius 1 is 1.00 bits per heavy atom. The third-order valence-corrected chi connectivity index (χ3v) is 8.85. The third kappa shape index (κ3) is 4.54. The normalized spacial score (nSPS) is 15.5. The van der Waals surface area contributed by atoms with E-state index in [2.05, 4.69) is 15.6 Å². The number of amides is 2. The van der Waals surface area contributed by atoms with E-state index in [4.69, 9.17) is 11.6 Å². The number of carbonyl (C=O) groups is 2. The molecule has 0 radical (unpaired) electrons. The summed E-state index contributed by atoms with van der Waals surface area (Å²) in [5.74, 6) is -0.792. The fourth-order valence-electron chi connectivity index (χ4n) is 3.21. The first-order chi connectivity index (χ1) is 14.0. The van der Waals surface area contributed by atoms with Crippen LogP contribution >= 0.6 is 11.6 Å². The summed E-state index contributed by atoms with van der Waals surface area (Å²) in [5, 5.41) is 6.09. The summed E-state index contributed by atoms with van der Waals surface area (Å²) >= 11 is 5.84. The predicted molar refractivity (Wildman–Crippen MR) is 116 cm³/mol. The number of nitrogens with one attached hydrogen (secondary N) is 3. The molecule has 0 saturated heterocycles. The average molecular weight is 452 g/mol. The molecule has 2 amide bonds. The Hall–Kier alpha value is -2.32. The van der Waals surface area contributed by atoms with Crippen LogP contribution in [0.25, 0.3) is 0 Å². The minimum absolute atomic E-state index is 0.0581. The van der Waals surface area contributed by atoms with Gasteiger partial charge in [-0.05, 0) is 63.4 Å². The quantitative estimate of drug-likeness (QED) is 0.601. The van der Waals surface area contributed by atoms with E-state index in [9.17, 15) is 18.0 Å². The van der Waals surface area contributed by atoms with Crippen molar-refractivity contribution in [1.82, 2.24) is 15.6 Å². The highest BCUT2D eigenvalue weighted by atomic mass is 35.5. The molecular formula is C21H26ClN3O4S. The van der Waals surface area contributed by atoms with Crippen LogP contribution in [0.4, 0.5) is 0 Å². The largest absolute Gasteiger partial charge is 0.349 e. The van der Waals surface area contributed by atoms with Gasteiger partial charge in [0, 0.05) is 18.1 Å². The first-order valence-corrected chi connectivity index (χ1v) is 11.6. The van der Waals surface area contributed by atoms with Crippen LogP contribution in [0.5, 0.6) is 0 Å². The highest BCUT2D eigenvalue weighted by molar-refractivity contribution is 7.94. The average Bonchev–Trinajstić information content (AvgIpc) is 3.32. The summed E-state index contributed by atoms with van der Waals surface area (Å²) in [6.07, 6.45) is 1.08. The van der Waals surface area contributed by atoms with Crippen molar-refractivity contribution in [3.05, 3.63) is 58.4 Å². The Morgan fingerprint density at radius 2 is 1.53 bits per heavy atom. The van der Waals surface area contributed by atoms with Crippen molar-refractivity contribution in [2.24, 2.45) is 0 Å². The van der Waals surface area contributed by atoms with Gasteiger partial charge in [0.2, 0.25) is 0 Å². The van der Waals surface area contributed by atoms with Crippen LogP contribution in [-0.4, -0.2) is 41.3 Å². The number of hydrogen-bond donors (Lipinski definition) is 3. The van der Waals surface area contributed by atoms with Crippen LogP contribution in [0.15, 0.2) is 36.4 Å². The van der Waals surface area contributed by atoms with Crippen LogP contribution in [0, 0.1) is 0 Å². The Morgan fingerprint density at radius 3 is 2.03 bits per heavy atom. The van der Waals surface area contributed by atoms with Gasteiger partial charge in [-0.25, -0.2) is 8.42 Å². The van der Waals surface area contributed by atoms with Gasteiger partial charge in [0.1, 0.15) is 11.4 Å². The van der Waals surface area contributed by atoms with Crippen LogP contribution in [0.3, 0.4) is 0 Å². The SMILES string of the molecule is CC(C)(C)S(=O)(=O)C1(CNC(=O)c2ccc(C(=O)NCc3ccc(Cl)cc3)[nH]2)CC1. The van der Waals surface area contributed by atoms with Gasteiger partial charge in [0.25, 0.3) is 11.8 Å². The van der Waals surface area contributed by atoms with Crippen molar-refractivity contribution in [2.45, 2.75) is 49.7 Å². The third-order valence-electron chi connectivity index (χ3n) is 5.30. The molecule has 30 heavy (non-hydrogen) atoms. The Balaban J connectivity index is 1.57. The number of aromatic amines is 1. The molecule has 3 N–H and O–H groups in total. The summed E-state index contributed by atoms with van der Waals surface area (Å²) in [6.45, 7) is 5.39. The predicted octanol–water partition coefficient (Wildman–Crippen LogP) is 3.07. The van der Waals surface area contributed by atoms with Crippen molar-refractivity contribution in [3.8, 4) is 0 Å². The standard InChI is InChI=1S/C21H26ClN3O4S/c1-20(2,3)30(28,29)21(10-11-21)13-24-19(27)17-9-8-16(25-17)18(26)23-12-14-4-6-15(22)7-5-14/h4-9,25H,10-13H2,1-3H3,(H,23,26)(H,24,27). The lowest BCUT2D eigenvalue weighted by Crippen LogP contribution is -2.45. The summed E-state index contributed by atoms with van der Waals surface area (Å²) in [4.78, 5) is 27.6. The maximum atomic E-state index is 12.8. The lowest BCUT2D eigenvalue weighted by atomic mass is 10.2. The van der Waals surface area contributed by atoms with E-state index < -0.39 is 25.2 Å². The molecule has 0 aliphatic heterocycles. The maximum absolute atomic E-state index is 12.8. The first kappa shape index (κ1) is 22.4. The molecular weight excluding hydrogens is 426 g/mol. The molecule has 7 nitrogen and oxygen atoms in total. The van der Waals surface area contributed by atoms with Crippen molar-refractivity contribution >= 4 is 33.3 Å². The van der Waals surface area contributed by atoms with Gasteiger partial charge in [0.15, 0.2) is 9.84 Å². The van der Waals surface area contributed by atoms with E-state index in [1.807, 2.05) is 12.1 Å². The van der Waals surface area contributed by atoms with Crippen LogP contribution < -0.4 is 10.6 Å². The number of halogens is 1. The van der Waals surface area contributed by atoms with E-state index in [1.165, 1.54) is 12.1 Å². The number of rotatable bonds is 7. The Labute approximate surface area is 181 Å². The van der Waals surface area contributed by atoms with Crippen LogP contribution in [0.2, 0.25) is 5.02 Å². The van der Waals surface area contributed by atoms with Gasteiger partial charge in [-0.3, -0.25) is 9.59 Å². The fourth-order valence-corrected chi connectivity index (χ4v) is 5.53. The van der Waals surface area contributed by atoms with Gasteiger partial charge in [0.05, 0.1) is 9.49 Å². The molecule has 0 unspecified atom stereocenters. The number of aromatic nitrogens is 1. The lowest BCUT2D eigenvalue weighted by molar-refractivity contribution is 0.0945. The summed E-state index contributed by atoms with van der Waals surface area (Å²) in [7, 11) is -3.38. The molecule has 1 saturated carbocycles. The molecule has 3 rings (SSSR count). The number of H-pyrrole nitrogens is 1. The molecule has 1 fully saturated rings. The molecule has 1 aliphatic rings. The van der Waals surface area contributed by atoms with Gasteiger partial charge >= 0.3 is 0 Å². The van der Waals surface area contributed by atoms with Crippen LogP contribution in [-0.2, 0) is 16.4 Å². The highest BCUT2D eigenvalue weighted by Crippen LogP contribution is 2.47. The van der Waals surface area contributed by atoms with E-state index in [-0.39, 0.29) is 23.8 Å². The second-order valence-corrected chi connectivity index (χ2v) is 12.1. The molecule has 1 heterocycles. The van der Waals surface area contributed by atoms with Crippen molar-refractivity contribution in [2.75, 3.05) is 6.54 Å². The van der Waals surface area contributed by atoms with Crippen molar-refractivity contribution < 1.29 is 18.0 Å². The van der Waals surface area contributed by atoms with E-state index in [0.717, 1.165) is 5.56 Å². The van der Waals surface area contributed by atoms with Crippen molar-refractivity contribution in [3.63, 3.8) is 0 Å². The summed E-state index contributed by atoms with van der Waals surface area (Å²) in [6, 6.07) is 10.1. The molecule has 0 bridgehead atoms. The monoisotopic (exact) mass is 451 g/mol. The number of hydrogen-bond acceptors (Lipinski definition) is 4. The topological polar surface area (TPSA) is 108 Å². The second-order valence-electron chi connectivity index (χ2n) is 8.58. The smallest absolute Gasteiger partial charge is 0.267 e. The van der Waals surface area contributed by atoms with Gasteiger partial charge in [-0.1, -0.05) is 23.7 Å². The summed E-state index contributed by atoms with van der Waals surface area (Å²) < 4.78 is 23.8. The van der Waals surface area contributed by atoms with E-state index in [1.54, 1.807) is 32.9 Å². The molecule has 1 aromatic carbocycles. The molecule has 1 aromatic heterocycles. The zero-order chi connectivity index (χ0) is 22.2. The molecule has 1 aliphatic carbocycles.